The molecule has 1 aromatic heterocycles. The molecule has 0 bridgehead atoms. The topological polar surface area (TPSA) is 48.1 Å². The van der Waals surface area contributed by atoms with Crippen LogP contribution in [0.5, 0.6) is 5.75 Å². The van der Waals surface area contributed by atoms with E-state index in [4.69, 9.17) is 10.5 Å². The Bertz CT molecular complexity index is 613. The first-order valence-corrected chi connectivity index (χ1v) is 5.64. The van der Waals surface area contributed by atoms with Gasteiger partial charge >= 0.3 is 6.18 Å². The van der Waals surface area contributed by atoms with Crippen molar-refractivity contribution in [1.82, 2.24) is 4.98 Å². The quantitative estimate of drug-likeness (QED) is 0.873. The highest BCUT2D eigenvalue weighted by Crippen LogP contribution is 2.38. The van der Waals surface area contributed by atoms with E-state index in [1.807, 2.05) is 0 Å². The van der Waals surface area contributed by atoms with Gasteiger partial charge in [-0.3, -0.25) is 0 Å². The predicted molar refractivity (Wildman–Crippen MR) is 65.4 cm³/mol. The van der Waals surface area contributed by atoms with E-state index in [0.717, 1.165) is 6.07 Å². The number of nitrogens with zero attached hydrogens (tertiary/aromatic N) is 1. The number of anilines is 1. The molecule has 0 radical (unpaired) electrons. The van der Waals surface area contributed by atoms with Crippen LogP contribution in [0.1, 0.15) is 5.69 Å². The third-order valence-corrected chi connectivity index (χ3v) is 3.07. The molecule has 0 atom stereocenters. The highest BCUT2D eigenvalue weighted by Gasteiger charge is 2.33. The second kappa shape index (κ2) is 4.31. The van der Waals surface area contributed by atoms with E-state index >= 15 is 0 Å². The van der Waals surface area contributed by atoms with Crippen LogP contribution in [0.25, 0.3) is 10.9 Å². The molecule has 2 N–H and O–H groups in total. The van der Waals surface area contributed by atoms with Gasteiger partial charge in [-0.1, -0.05) is 15.9 Å². The fraction of sp³-hybridized carbons (Fsp3) is 0.182. The van der Waals surface area contributed by atoms with Gasteiger partial charge in [-0.2, -0.15) is 13.2 Å². The lowest BCUT2D eigenvalue weighted by molar-refractivity contribution is -0.140. The number of rotatable bonds is 1. The molecule has 96 valence electrons. The van der Waals surface area contributed by atoms with Crippen molar-refractivity contribution >= 4 is 32.5 Å². The van der Waals surface area contributed by atoms with Crippen LogP contribution < -0.4 is 10.5 Å². The molecule has 0 amide bonds. The van der Waals surface area contributed by atoms with Gasteiger partial charge in [0, 0.05) is 15.5 Å². The molecule has 18 heavy (non-hydrogen) atoms. The summed E-state index contributed by atoms with van der Waals surface area (Å²) in [4.78, 5) is 3.58. The lowest BCUT2D eigenvalue weighted by Gasteiger charge is -2.12. The molecule has 0 aliphatic heterocycles. The number of halogens is 4. The minimum Gasteiger partial charge on any atom is -0.494 e. The van der Waals surface area contributed by atoms with Gasteiger partial charge in [-0.25, -0.2) is 4.98 Å². The Morgan fingerprint density at radius 1 is 1.33 bits per heavy atom. The van der Waals surface area contributed by atoms with Crippen molar-refractivity contribution in [3.8, 4) is 5.75 Å². The largest absolute Gasteiger partial charge is 0.494 e. The van der Waals surface area contributed by atoms with E-state index in [1.54, 1.807) is 6.07 Å². The van der Waals surface area contributed by atoms with Crippen molar-refractivity contribution in [2.24, 2.45) is 0 Å². The molecular formula is C11H8BrF3N2O. The molecular weight excluding hydrogens is 313 g/mol. The van der Waals surface area contributed by atoms with Crippen LogP contribution in [0.3, 0.4) is 0 Å². The fourth-order valence-electron chi connectivity index (χ4n) is 1.62. The molecule has 0 aliphatic carbocycles. The SMILES string of the molecule is COc1ccc(Br)c2c(N)cc(C(F)(F)F)nc12. The van der Waals surface area contributed by atoms with Crippen LogP contribution in [0, 0.1) is 0 Å². The maximum atomic E-state index is 12.7. The zero-order valence-corrected chi connectivity index (χ0v) is 10.8. The average molecular weight is 321 g/mol. The van der Waals surface area contributed by atoms with Crippen LogP contribution in [-0.2, 0) is 6.18 Å². The smallest absolute Gasteiger partial charge is 0.433 e. The van der Waals surface area contributed by atoms with Gasteiger partial charge in [0.05, 0.1) is 7.11 Å². The van der Waals surface area contributed by atoms with Gasteiger partial charge in [-0.15, -0.1) is 0 Å². The van der Waals surface area contributed by atoms with Gasteiger partial charge in [0.15, 0.2) is 0 Å². The fourth-order valence-corrected chi connectivity index (χ4v) is 2.16. The average Bonchev–Trinajstić information content (AvgIpc) is 2.27. The number of pyridine rings is 1. The summed E-state index contributed by atoms with van der Waals surface area (Å²) in [5, 5.41) is 0.405. The Kier molecular flexibility index (Phi) is 3.10. The summed E-state index contributed by atoms with van der Waals surface area (Å²) in [5.74, 6) is 0.242. The lowest BCUT2D eigenvalue weighted by atomic mass is 10.1. The van der Waals surface area contributed by atoms with E-state index in [1.165, 1.54) is 13.2 Å². The van der Waals surface area contributed by atoms with Crippen LogP contribution >= 0.6 is 15.9 Å². The van der Waals surface area contributed by atoms with Crippen molar-refractivity contribution in [2.45, 2.75) is 6.18 Å². The second-order valence-electron chi connectivity index (χ2n) is 3.57. The van der Waals surface area contributed by atoms with Crippen LogP contribution in [0.4, 0.5) is 18.9 Å². The summed E-state index contributed by atoms with van der Waals surface area (Å²) in [7, 11) is 1.36. The second-order valence-corrected chi connectivity index (χ2v) is 4.42. The maximum absolute atomic E-state index is 12.7. The molecule has 7 heteroatoms. The Morgan fingerprint density at radius 3 is 2.56 bits per heavy atom. The van der Waals surface area contributed by atoms with E-state index in [-0.39, 0.29) is 17.0 Å². The molecule has 0 fully saturated rings. The number of alkyl halides is 3. The first-order valence-electron chi connectivity index (χ1n) is 4.84. The number of hydrogen-bond acceptors (Lipinski definition) is 3. The molecule has 3 nitrogen and oxygen atoms in total. The van der Waals surface area contributed by atoms with Gasteiger partial charge < -0.3 is 10.5 Å². The number of nitrogen functional groups attached to an aromatic ring is 1. The molecule has 0 saturated heterocycles. The van der Waals surface area contributed by atoms with Gasteiger partial charge in [-0.05, 0) is 18.2 Å². The molecule has 0 unspecified atom stereocenters. The number of ether oxygens (including phenoxy) is 1. The number of nitrogens with two attached hydrogens (primary N) is 1. The highest BCUT2D eigenvalue weighted by atomic mass is 79.9. The van der Waals surface area contributed by atoms with Crippen LogP contribution in [0.15, 0.2) is 22.7 Å². The molecule has 2 rings (SSSR count). The van der Waals surface area contributed by atoms with Crippen molar-refractivity contribution in [3.05, 3.63) is 28.4 Å². The summed E-state index contributed by atoms with van der Waals surface area (Å²) in [5.41, 5.74) is 4.70. The Labute approximate surface area is 109 Å². The summed E-state index contributed by atoms with van der Waals surface area (Å²) < 4.78 is 43.5. The standard InChI is InChI=1S/C11H8BrF3N2O/c1-18-7-3-2-5(12)9-6(16)4-8(11(13,14)15)17-10(7)9/h2-4H,1H3,(H2,16,17). The molecule has 1 heterocycles. The monoisotopic (exact) mass is 320 g/mol. The third kappa shape index (κ3) is 2.10. The number of hydrogen-bond donors (Lipinski definition) is 1. The maximum Gasteiger partial charge on any atom is 0.433 e. The summed E-state index contributed by atoms with van der Waals surface area (Å²) in [6.07, 6.45) is -4.55. The third-order valence-electron chi connectivity index (χ3n) is 2.41. The number of methoxy groups -OCH3 is 1. The van der Waals surface area contributed by atoms with E-state index in [2.05, 4.69) is 20.9 Å². The van der Waals surface area contributed by atoms with E-state index in [0.29, 0.717) is 9.86 Å². The van der Waals surface area contributed by atoms with Gasteiger partial charge in [0.2, 0.25) is 0 Å². The highest BCUT2D eigenvalue weighted by molar-refractivity contribution is 9.10. The molecule has 1 aromatic carbocycles. The van der Waals surface area contributed by atoms with Crippen molar-refractivity contribution < 1.29 is 17.9 Å². The van der Waals surface area contributed by atoms with Gasteiger partial charge in [0.25, 0.3) is 0 Å². The Hall–Kier alpha value is -1.50. The lowest BCUT2D eigenvalue weighted by Crippen LogP contribution is -2.09. The Balaban J connectivity index is 2.86. The molecule has 2 aromatic rings. The minimum atomic E-state index is -4.55. The van der Waals surface area contributed by atoms with Crippen molar-refractivity contribution in [2.75, 3.05) is 12.8 Å². The minimum absolute atomic E-state index is 0.00176. The first kappa shape index (κ1) is 12.9. The molecule has 0 saturated carbocycles. The van der Waals surface area contributed by atoms with E-state index < -0.39 is 11.9 Å². The van der Waals surface area contributed by atoms with Crippen molar-refractivity contribution in [3.63, 3.8) is 0 Å². The zero-order chi connectivity index (χ0) is 13.5. The van der Waals surface area contributed by atoms with E-state index in [9.17, 15) is 13.2 Å². The normalized spacial score (nSPS) is 11.8. The zero-order valence-electron chi connectivity index (χ0n) is 9.18. The molecule has 0 aliphatic rings. The van der Waals surface area contributed by atoms with Crippen molar-refractivity contribution in [1.29, 1.82) is 0 Å². The summed E-state index contributed by atoms with van der Waals surface area (Å²) in [6.45, 7) is 0. The number of aromatic nitrogens is 1. The van der Waals surface area contributed by atoms with Crippen LogP contribution in [-0.4, -0.2) is 12.1 Å². The Morgan fingerprint density at radius 2 is 2.00 bits per heavy atom. The first-order chi connectivity index (χ1) is 8.34. The summed E-state index contributed by atoms with van der Waals surface area (Å²) >= 11 is 3.23. The summed E-state index contributed by atoms with van der Waals surface area (Å²) in [6, 6.07) is 3.98. The number of fused-ring (bicyclic) bond motifs is 1. The predicted octanol–water partition coefficient (Wildman–Crippen LogP) is 3.61. The number of benzene rings is 1. The van der Waals surface area contributed by atoms with Gasteiger partial charge in [0.1, 0.15) is 17.0 Å². The van der Waals surface area contributed by atoms with Crippen LogP contribution in [0.2, 0.25) is 0 Å². The molecule has 0 spiro atoms.